The normalized spacial score (nSPS) is 11.2. The van der Waals surface area contributed by atoms with E-state index in [-0.39, 0.29) is 0 Å². The molecule has 4 aromatic rings. The molecular weight excluding hydrogens is 418 g/mol. The first kappa shape index (κ1) is 21.9. The molecule has 0 aliphatic heterocycles. The highest BCUT2D eigenvalue weighted by atomic mass is 35.5. The van der Waals surface area contributed by atoms with Gasteiger partial charge in [0, 0.05) is 6.21 Å². The zero-order valence-electron chi connectivity index (χ0n) is 18.6. The summed E-state index contributed by atoms with van der Waals surface area (Å²) in [6, 6.07) is 24.5. The molecule has 0 aliphatic carbocycles. The van der Waals surface area contributed by atoms with Gasteiger partial charge < -0.3 is 9.47 Å². The van der Waals surface area contributed by atoms with E-state index in [0.717, 1.165) is 22.4 Å². The summed E-state index contributed by atoms with van der Waals surface area (Å²) >= 11 is 6.62. The van der Waals surface area contributed by atoms with E-state index < -0.39 is 0 Å². The van der Waals surface area contributed by atoms with Crippen LogP contribution in [0.1, 0.15) is 29.2 Å². The van der Waals surface area contributed by atoms with Crippen LogP contribution in [0.3, 0.4) is 0 Å². The van der Waals surface area contributed by atoms with Gasteiger partial charge in [-0.3, -0.25) is 4.99 Å². The molecule has 0 unspecified atom stereocenters. The van der Waals surface area contributed by atoms with Gasteiger partial charge in [0.05, 0.1) is 17.3 Å². The van der Waals surface area contributed by atoms with E-state index in [1.165, 1.54) is 16.3 Å². The number of rotatable bonds is 7. The number of hydrogen-bond acceptors (Lipinski definition) is 3. The number of benzene rings is 4. The largest absolute Gasteiger partial charge is 0.490 e. The number of nitrogens with zero attached hydrogens (tertiary/aromatic N) is 1. The quantitative estimate of drug-likeness (QED) is 0.272. The third-order valence-electron chi connectivity index (χ3n) is 5.29. The molecule has 0 heterocycles. The third kappa shape index (κ3) is 4.95. The van der Waals surface area contributed by atoms with Crippen LogP contribution in [0.25, 0.3) is 10.8 Å². The number of aliphatic imine (C=N–C) groups is 1. The standard InChI is InChI=1S/C28H26ClNO2/c1-4-31-27-16-21(17-30-26-13-12-19(2)14-20(26)3)15-25(29)28(27)32-18-23-10-7-9-22-8-5-6-11-24(22)23/h5-17H,4,18H2,1-3H3. The molecule has 0 saturated heterocycles. The summed E-state index contributed by atoms with van der Waals surface area (Å²) in [4.78, 5) is 4.64. The molecule has 0 radical (unpaired) electrons. The minimum atomic E-state index is 0.400. The third-order valence-corrected chi connectivity index (χ3v) is 5.57. The maximum absolute atomic E-state index is 6.62. The van der Waals surface area contributed by atoms with Gasteiger partial charge in [-0.1, -0.05) is 71.8 Å². The van der Waals surface area contributed by atoms with Crippen LogP contribution in [0.2, 0.25) is 5.02 Å². The lowest BCUT2D eigenvalue weighted by Gasteiger charge is -2.15. The highest BCUT2D eigenvalue weighted by molar-refractivity contribution is 6.32. The zero-order valence-corrected chi connectivity index (χ0v) is 19.3. The van der Waals surface area contributed by atoms with E-state index in [1.807, 2.05) is 43.3 Å². The minimum absolute atomic E-state index is 0.400. The van der Waals surface area contributed by atoms with Crippen molar-refractivity contribution in [3.8, 4) is 11.5 Å². The van der Waals surface area contributed by atoms with Crippen molar-refractivity contribution < 1.29 is 9.47 Å². The van der Waals surface area contributed by atoms with Crippen LogP contribution in [0.5, 0.6) is 11.5 Å². The van der Waals surface area contributed by atoms with Crippen LogP contribution in [0.4, 0.5) is 5.69 Å². The van der Waals surface area contributed by atoms with Gasteiger partial charge in [-0.2, -0.15) is 0 Å². The molecule has 3 nitrogen and oxygen atoms in total. The molecule has 0 aliphatic rings. The van der Waals surface area contributed by atoms with E-state index in [9.17, 15) is 0 Å². The van der Waals surface area contributed by atoms with Crippen LogP contribution in [0, 0.1) is 13.8 Å². The highest BCUT2D eigenvalue weighted by Gasteiger charge is 2.13. The van der Waals surface area contributed by atoms with Crippen LogP contribution >= 0.6 is 11.6 Å². The Morgan fingerprint density at radius 2 is 1.72 bits per heavy atom. The lowest BCUT2D eigenvalue weighted by molar-refractivity contribution is 0.270. The fourth-order valence-electron chi connectivity index (χ4n) is 3.73. The first-order valence-corrected chi connectivity index (χ1v) is 11.1. The Kier molecular flexibility index (Phi) is 6.77. The van der Waals surface area contributed by atoms with E-state index in [0.29, 0.717) is 29.7 Å². The van der Waals surface area contributed by atoms with E-state index >= 15 is 0 Å². The molecule has 0 atom stereocenters. The Bertz CT molecular complexity index is 1270. The molecule has 162 valence electrons. The van der Waals surface area contributed by atoms with Crippen molar-refractivity contribution in [3.63, 3.8) is 0 Å². The second-order valence-corrected chi connectivity index (χ2v) is 8.15. The summed E-state index contributed by atoms with van der Waals surface area (Å²) in [5.41, 5.74) is 5.24. The van der Waals surface area contributed by atoms with Crippen molar-refractivity contribution in [1.82, 2.24) is 0 Å². The first-order chi connectivity index (χ1) is 15.5. The van der Waals surface area contributed by atoms with Gasteiger partial charge in [0.25, 0.3) is 0 Å². The molecule has 4 rings (SSSR count). The summed E-state index contributed by atoms with van der Waals surface area (Å²) in [5.74, 6) is 1.16. The molecule has 0 N–H and O–H groups in total. The fraction of sp³-hybridized carbons (Fsp3) is 0.179. The minimum Gasteiger partial charge on any atom is -0.490 e. The molecule has 0 amide bonds. The number of aryl methyl sites for hydroxylation is 2. The van der Waals surface area contributed by atoms with Gasteiger partial charge in [-0.15, -0.1) is 0 Å². The Balaban J connectivity index is 1.60. The molecule has 0 spiro atoms. The lowest BCUT2D eigenvalue weighted by Crippen LogP contribution is -2.02. The molecule has 0 aromatic heterocycles. The summed E-state index contributed by atoms with van der Waals surface area (Å²) in [6.45, 7) is 6.99. The molecule has 0 fully saturated rings. The van der Waals surface area contributed by atoms with Gasteiger partial charge in [-0.05, 0) is 66.4 Å². The lowest BCUT2D eigenvalue weighted by atomic mass is 10.1. The van der Waals surface area contributed by atoms with Crippen LogP contribution in [-0.2, 0) is 6.61 Å². The average molecular weight is 444 g/mol. The number of fused-ring (bicyclic) bond motifs is 1. The Morgan fingerprint density at radius 1 is 0.906 bits per heavy atom. The van der Waals surface area contributed by atoms with E-state index in [2.05, 4.69) is 55.2 Å². The van der Waals surface area contributed by atoms with Crippen LogP contribution in [-0.4, -0.2) is 12.8 Å². The molecule has 32 heavy (non-hydrogen) atoms. The van der Waals surface area contributed by atoms with Crippen molar-refractivity contribution in [3.05, 3.63) is 100 Å². The van der Waals surface area contributed by atoms with Crippen molar-refractivity contribution in [2.24, 2.45) is 4.99 Å². The van der Waals surface area contributed by atoms with Gasteiger partial charge in [0.1, 0.15) is 6.61 Å². The van der Waals surface area contributed by atoms with E-state index in [4.69, 9.17) is 21.1 Å². The summed E-state index contributed by atoms with van der Waals surface area (Å²) < 4.78 is 12.0. The number of halogens is 1. The van der Waals surface area contributed by atoms with Crippen molar-refractivity contribution >= 4 is 34.3 Å². The van der Waals surface area contributed by atoms with Gasteiger partial charge in [-0.25, -0.2) is 0 Å². The van der Waals surface area contributed by atoms with E-state index in [1.54, 1.807) is 6.21 Å². The molecular formula is C28H26ClNO2. The van der Waals surface area contributed by atoms with Crippen molar-refractivity contribution in [1.29, 1.82) is 0 Å². The summed E-state index contributed by atoms with van der Waals surface area (Å²) in [6.07, 6.45) is 1.81. The molecule has 4 aromatic carbocycles. The SMILES string of the molecule is CCOc1cc(C=Nc2ccc(C)cc2C)cc(Cl)c1OCc1cccc2ccccc12. The maximum atomic E-state index is 6.62. The number of ether oxygens (including phenoxy) is 2. The van der Waals surface area contributed by atoms with Gasteiger partial charge in [0.2, 0.25) is 0 Å². The zero-order chi connectivity index (χ0) is 22.5. The molecule has 0 bridgehead atoms. The van der Waals surface area contributed by atoms with Gasteiger partial charge >= 0.3 is 0 Å². The maximum Gasteiger partial charge on any atom is 0.180 e. The highest BCUT2D eigenvalue weighted by Crippen LogP contribution is 2.37. The van der Waals surface area contributed by atoms with Gasteiger partial charge in [0.15, 0.2) is 11.5 Å². The fourth-order valence-corrected chi connectivity index (χ4v) is 4.00. The molecule has 4 heteroatoms. The predicted octanol–water partition coefficient (Wildman–Crippen LogP) is 7.84. The second-order valence-electron chi connectivity index (χ2n) is 7.74. The monoisotopic (exact) mass is 443 g/mol. The molecule has 0 saturated carbocycles. The van der Waals surface area contributed by atoms with Crippen LogP contribution in [0.15, 0.2) is 77.8 Å². The Morgan fingerprint density at radius 3 is 2.53 bits per heavy atom. The first-order valence-electron chi connectivity index (χ1n) is 10.7. The number of hydrogen-bond donors (Lipinski definition) is 0. The van der Waals surface area contributed by atoms with Crippen LogP contribution < -0.4 is 9.47 Å². The average Bonchev–Trinajstić information content (AvgIpc) is 2.78. The Labute approximate surface area is 194 Å². The van der Waals surface area contributed by atoms with Crippen molar-refractivity contribution in [2.45, 2.75) is 27.4 Å². The predicted molar refractivity (Wildman–Crippen MR) is 134 cm³/mol. The van der Waals surface area contributed by atoms with Crippen molar-refractivity contribution in [2.75, 3.05) is 6.61 Å². The summed E-state index contributed by atoms with van der Waals surface area (Å²) in [5, 5.41) is 2.85. The second kappa shape index (κ2) is 9.88. The topological polar surface area (TPSA) is 30.8 Å². The Hall–Kier alpha value is -3.30. The smallest absolute Gasteiger partial charge is 0.180 e. The summed E-state index contributed by atoms with van der Waals surface area (Å²) in [7, 11) is 0.